The smallest absolute Gasteiger partial charge is 0.334 e. The Bertz CT molecular complexity index is 1280. The van der Waals surface area contributed by atoms with E-state index in [1.165, 1.54) is 12.1 Å². The first-order chi connectivity index (χ1) is 16.2. The lowest BCUT2D eigenvalue weighted by Crippen LogP contribution is -2.34. The summed E-state index contributed by atoms with van der Waals surface area (Å²) in [5.41, 5.74) is 0.632. The van der Waals surface area contributed by atoms with E-state index in [2.05, 4.69) is 10.1 Å². The van der Waals surface area contributed by atoms with Gasteiger partial charge in [0.05, 0.1) is 23.8 Å². The number of nitrogens with zero attached hydrogens (tertiary/aromatic N) is 3. The summed E-state index contributed by atoms with van der Waals surface area (Å²) in [7, 11) is 0. The number of hydrogen-bond acceptors (Lipinski definition) is 4. The first kappa shape index (κ1) is 23.5. The lowest BCUT2D eigenvalue weighted by atomic mass is 10.1. The summed E-state index contributed by atoms with van der Waals surface area (Å²) in [5.74, 6) is -0.144. The van der Waals surface area contributed by atoms with Crippen LogP contribution in [-0.2, 0) is 23.9 Å². The first-order valence-electron chi connectivity index (χ1n) is 10.9. The average molecular weight is 472 g/mol. The topological polar surface area (TPSA) is 88.1 Å². The molecule has 7 nitrogen and oxygen atoms in total. The van der Waals surface area contributed by atoms with Crippen LogP contribution in [0.1, 0.15) is 47.8 Å². The predicted molar refractivity (Wildman–Crippen MR) is 118 cm³/mol. The van der Waals surface area contributed by atoms with Gasteiger partial charge in [0.25, 0.3) is 11.1 Å². The number of aromatic amines is 1. The molecular weight excluding hydrogens is 449 g/mol. The third-order valence-electron chi connectivity index (χ3n) is 5.85. The molecule has 1 fully saturated rings. The third kappa shape index (κ3) is 5.44. The van der Waals surface area contributed by atoms with Gasteiger partial charge in [-0.2, -0.15) is 13.2 Å². The SMILES string of the molecule is O=C(CCn1[nH]c(=O)ccc1=O)N1CCCC1c1cccc(Cc2ccc(C(F)(F)F)cc2)n1. The zero-order chi connectivity index (χ0) is 24.3. The fourth-order valence-corrected chi connectivity index (χ4v) is 4.16. The minimum absolute atomic E-state index is 0.0571. The van der Waals surface area contributed by atoms with Crippen LogP contribution in [0, 0.1) is 0 Å². The molecule has 1 amide bonds. The van der Waals surface area contributed by atoms with Crippen LogP contribution in [-0.4, -0.2) is 32.1 Å². The monoisotopic (exact) mass is 472 g/mol. The number of likely N-dealkylation sites (tertiary alicyclic amines) is 1. The zero-order valence-electron chi connectivity index (χ0n) is 18.2. The molecule has 1 aliphatic heterocycles. The van der Waals surface area contributed by atoms with Gasteiger partial charge in [-0.3, -0.25) is 24.5 Å². The summed E-state index contributed by atoms with van der Waals surface area (Å²) >= 11 is 0. The van der Waals surface area contributed by atoms with Gasteiger partial charge in [-0.1, -0.05) is 18.2 Å². The van der Waals surface area contributed by atoms with E-state index in [0.29, 0.717) is 24.2 Å². The summed E-state index contributed by atoms with van der Waals surface area (Å²) in [5, 5.41) is 2.41. The number of carbonyl (C=O) groups excluding carboxylic acids is 1. The van der Waals surface area contributed by atoms with Crippen LogP contribution >= 0.6 is 0 Å². The number of alkyl halides is 3. The van der Waals surface area contributed by atoms with Crippen molar-refractivity contribution in [3.63, 3.8) is 0 Å². The van der Waals surface area contributed by atoms with Gasteiger partial charge in [0.2, 0.25) is 5.91 Å². The van der Waals surface area contributed by atoms with Gasteiger partial charge < -0.3 is 4.90 Å². The Morgan fingerprint density at radius 1 is 1.06 bits per heavy atom. The van der Waals surface area contributed by atoms with Gasteiger partial charge in [-0.25, -0.2) is 4.68 Å². The zero-order valence-corrected chi connectivity index (χ0v) is 18.2. The highest BCUT2D eigenvalue weighted by Crippen LogP contribution is 2.32. The van der Waals surface area contributed by atoms with Gasteiger partial charge in [-0.15, -0.1) is 0 Å². The Balaban J connectivity index is 1.44. The van der Waals surface area contributed by atoms with Gasteiger partial charge in [0, 0.05) is 37.2 Å². The molecule has 0 radical (unpaired) electrons. The standard InChI is InChI=1S/C24H23F3N4O3/c25-24(26,27)17-8-6-16(7-9-17)15-18-3-1-4-19(28-18)20-5-2-13-30(20)22(33)12-14-31-23(34)11-10-21(32)29-31/h1,3-4,6-11,20H,2,5,12-15H2,(H,29,32). The van der Waals surface area contributed by atoms with Crippen molar-refractivity contribution < 1.29 is 18.0 Å². The number of aromatic nitrogens is 3. The van der Waals surface area contributed by atoms with Gasteiger partial charge in [0.15, 0.2) is 0 Å². The highest BCUT2D eigenvalue weighted by atomic mass is 19.4. The molecule has 10 heteroatoms. The van der Waals surface area contributed by atoms with E-state index in [1.807, 2.05) is 12.1 Å². The predicted octanol–water partition coefficient (Wildman–Crippen LogP) is 3.30. The second-order valence-corrected chi connectivity index (χ2v) is 8.22. The molecule has 1 aromatic carbocycles. The number of halogens is 3. The highest BCUT2D eigenvalue weighted by Gasteiger charge is 2.31. The molecule has 1 unspecified atom stereocenters. The molecule has 4 rings (SSSR count). The quantitative estimate of drug-likeness (QED) is 0.597. The van der Waals surface area contributed by atoms with E-state index in [1.54, 1.807) is 11.0 Å². The lowest BCUT2D eigenvalue weighted by Gasteiger charge is -2.25. The summed E-state index contributed by atoms with van der Waals surface area (Å²) in [6.07, 6.45) is -2.40. The Kier molecular flexibility index (Phi) is 6.67. The number of aryl methyl sites for hydroxylation is 1. The van der Waals surface area contributed by atoms with Crippen molar-refractivity contribution in [3.05, 3.63) is 97.8 Å². The van der Waals surface area contributed by atoms with Crippen LogP contribution in [0.3, 0.4) is 0 Å². The van der Waals surface area contributed by atoms with Gasteiger partial charge >= 0.3 is 6.18 Å². The van der Waals surface area contributed by atoms with Crippen LogP contribution in [0.5, 0.6) is 0 Å². The third-order valence-corrected chi connectivity index (χ3v) is 5.85. The normalized spacial score (nSPS) is 16.1. The number of benzene rings is 1. The number of nitrogens with one attached hydrogen (secondary N) is 1. The van der Waals surface area contributed by atoms with Crippen molar-refractivity contribution in [2.75, 3.05) is 6.54 Å². The molecule has 3 heterocycles. The number of H-pyrrole nitrogens is 1. The van der Waals surface area contributed by atoms with Crippen molar-refractivity contribution in [1.82, 2.24) is 19.7 Å². The molecule has 1 saturated heterocycles. The van der Waals surface area contributed by atoms with Gasteiger partial charge in [-0.05, 0) is 42.7 Å². The van der Waals surface area contributed by atoms with E-state index in [9.17, 15) is 27.6 Å². The van der Waals surface area contributed by atoms with E-state index in [0.717, 1.165) is 47.5 Å². The van der Waals surface area contributed by atoms with Crippen molar-refractivity contribution in [3.8, 4) is 0 Å². The van der Waals surface area contributed by atoms with Crippen molar-refractivity contribution in [2.45, 2.75) is 44.4 Å². The molecule has 1 N–H and O–H groups in total. The van der Waals surface area contributed by atoms with Crippen molar-refractivity contribution in [2.24, 2.45) is 0 Å². The maximum Gasteiger partial charge on any atom is 0.416 e. The molecule has 2 aromatic heterocycles. The largest absolute Gasteiger partial charge is 0.416 e. The number of carbonyl (C=O) groups is 1. The molecule has 34 heavy (non-hydrogen) atoms. The molecule has 0 bridgehead atoms. The van der Waals surface area contributed by atoms with E-state index in [4.69, 9.17) is 0 Å². The lowest BCUT2D eigenvalue weighted by molar-refractivity contribution is -0.137. The van der Waals surface area contributed by atoms with Crippen LogP contribution in [0.15, 0.2) is 64.2 Å². The highest BCUT2D eigenvalue weighted by molar-refractivity contribution is 5.76. The van der Waals surface area contributed by atoms with Crippen LogP contribution in [0.4, 0.5) is 13.2 Å². The van der Waals surface area contributed by atoms with E-state index < -0.39 is 17.3 Å². The summed E-state index contributed by atoms with van der Waals surface area (Å²) < 4.78 is 39.5. The number of rotatable bonds is 6. The number of hydrogen-bond donors (Lipinski definition) is 1. The summed E-state index contributed by atoms with van der Waals surface area (Å²) in [4.78, 5) is 42.6. The first-order valence-corrected chi connectivity index (χ1v) is 10.9. The molecule has 1 atom stereocenters. The minimum Gasteiger partial charge on any atom is -0.334 e. The molecule has 178 valence electrons. The maximum atomic E-state index is 12.9. The fourth-order valence-electron chi connectivity index (χ4n) is 4.16. The van der Waals surface area contributed by atoms with Crippen LogP contribution in [0.25, 0.3) is 0 Å². The van der Waals surface area contributed by atoms with Crippen LogP contribution < -0.4 is 11.1 Å². The van der Waals surface area contributed by atoms with E-state index in [-0.39, 0.29) is 30.5 Å². The Labute approximate surface area is 192 Å². The molecule has 0 spiro atoms. The number of pyridine rings is 1. The summed E-state index contributed by atoms with van der Waals surface area (Å²) in [6.45, 7) is 0.632. The second-order valence-electron chi connectivity index (χ2n) is 8.22. The van der Waals surface area contributed by atoms with Crippen LogP contribution in [0.2, 0.25) is 0 Å². The Morgan fingerprint density at radius 2 is 1.82 bits per heavy atom. The molecule has 0 saturated carbocycles. The minimum atomic E-state index is -4.38. The fraction of sp³-hybridized carbons (Fsp3) is 0.333. The van der Waals surface area contributed by atoms with Crippen molar-refractivity contribution >= 4 is 5.91 Å². The van der Waals surface area contributed by atoms with Crippen molar-refractivity contribution in [1.29, 1.82) is 0 Å². The number of amides is 1. The Hall–Kier alpha value is -3.69. The molecule has 3 aromatic rings. The maximum absolute atomic E-state index is 12.9. The summed E-state index contributed by atoms with van der Waals surface area (Å²) in [6, 6.07) is 12.6. The Morgan fingerprint density at radius 3 is 2.56 bits per heavy atom. The molecule has 1 aliphatic rings. The molecule has 0 aliphatic carbocycles. The van der Waals surface area contributed by atoms with E-state index >= 15 is 0 Å². The second kappa shape index (κ2) is 9.66. The van der Waals surface area contributed by atoms with Gasteiger partial charge in [0.1, 0.15) is 0 Å². The molecular formula is C24H23F3N4O3. The average Bonchev–Trinajstić information content (AvgIpc) is 3.30.